The van der Waals surface area contributed by atoms with Crippen LogP contribution in [0, 0.1) is 12.7 Å². The fraction of sp³-hybridized carbons (Fsp3) is 0.273. The number of aldehydes is 1. The molecule has 80 valence electrons. The second-order valence-corrected chi connectivity index (χ2v) is 3.26. The van der Waals surface area contributed by atoms with Gasteiger partial charge in [-0.1, -0.05) is 0 Å². The Kier molecular flexibility index (Phi) is 3.68. The normalized spacial score (nSPS) is 10.1. The van der Waals surface area contributed by atoms with Crippen LogP contribution in [0.2, 0.25) is 0 Å². The zero-order chi connectivity index (χ0) is 11.4. The van der Waals surface area contributed by atoms with Crippen LogP contribution in [-0.4, -0.2) is 25.7 Å². The number of Topliss-reactive ketones (excluding diaryl/α,β-unsaturated/α-hetero) is 1. The van der Waals surface area contributed by atoms with Crippen molar-refractivity contribution in [1.29, 1.82) is 0 Å². The minimum atomic E-state index is -0.472. The summed E-state index contributed by atoms with van der Waals surface area (Å²) in [5.74, 6) is -0.765. The number of halogens is 1. The third kappa shape index (κ3) is 2.47. The van der Waals surface area contributed by atoms with Crippen molar-refractivity contribution in [2.75, 3.05) is 13.6 Å². The predicted octanol–water partition coefficient (Wildman–Crippen LogP) is 1.35. The van der Waals surface area contributed by atoms with E-state index in [0.29, 0.717) is 11.8 Å². The third-order valence-corrected chi connectivity index (χ3v) is 2.10. The van der Waals surface area contributed by atoms with Gasteiger partial charge in [-0.25, -0.2) is 4.39 Å². The summed E-state index contributed by atoms with van der Waals surface area (Å²) in [7, 11) is 1.61. The second kappa shape index (κ2) is 4.79. The maximum atomic E-state index is 13.2. The van der Waals surface area contributed by atoms with Crippen molar-refractivity contribution in [2.24, 2.45) is 0 Å². The fourth-order valence-electron chi connectivity index (χ4n) is 1.30. The summed E-state index contributed by atoms with van der Waals surface area (Å²) in [6, 6.07) is 2.49. The van der Waals surface area contributed by atoms with Crippen molar-refractivity contribution < 1.29 is 14.0 Å². The molecule has 0 bridgehead atoms. The van der Waals surface area contributed by atoms with Crippen molar-refractivity contribution in [3.63, 3.8) is 0 Å². The lowest BCUT2D eigenvalue weighted by atomic mass is 10.0. The molecule has 0 unspecified atom stereocenters. The molecule has 1 N–H and O–H groups in total. The number of likely N-dealkylation sites (N-methyl/N-ethyl adjacent to an activating group) is 1. The molecule has 0 fully saturated rings. The summed E-state index contributed by atoms with van der Waals surface area (Å²) in [6.45, 7) is 1.64. The number of nitrogens with one attached hydrogen (secondary N) is 1. The molecule has 0 saturated carbocycles. The van der Waals surface area contributed by atoms with Crippen molar-refractivity contribution >= 4 is 12.1 Å². The number of hydrogen-bond acceptors (Lipinski definition) is 3. The topological polar surface area (TPSA) is 46.2 Å². The minimum absolute atomic E-state index is 0.0866. The standard InChI is InChI=1S/C11H12FNO2/c1-7-3-8(6-14)9(4-10(7)12)11(15)5-13-2/h3-4,6,13H,5H2,1-2H3. The van der Waals surface area contributed by atoms with Crippen LogP contribution in [0.3, 0.4) is 0 Å². The molecule has 0 spiro atoms. The number of carbonyl (C=O) groups excluding carboxylic acids is 2. The van der Waals surface area contributed by atoms with Crippen LogP contribution < -0.4 is 5.32 Å². The molecular weight excluding hydrogens is 197 g/mol. The maximum absolute atomic E-state index is 13.2. The molecule has 0 radical (unpaired) electrons. The van der Waals surface area contributed by atoms with Crippen LogP contribution in [-0.2, 0) is 0 Å². The van der Waals surface area contributed by atoms with Gasteiger partial charge in [0.25, 0.3) is 0 Å². The van der Waals surface area contributed by atoms with E-state index < -0.39 is 5.82 Å². The van der Waals surface area contributed by atoms with E-state index in [2.05, 4.69) is 5.32 Å². The van der Waals surface area contributed by atoms with E-state index in [4.69, 9.17) is 0 Å². The predicted molar refractivity (Wildman–Crippen MR) is 54.8 cm³/mol. The van der Waals surface area contributed by atoms with Gasteiger partial charge in [0.05, 0.1) is 6.54 Å². The lowest BCUT2D eigenvalue weighted by Crippen LogP contribution is -2.20. The number of hydrogen-bond donors (Lipinski definition) is 1. The SMILES string of the molecule is CNCC(=O)c1cc(F)c(C)cc1C=O. The van der Waals surface area contributed by atoms with Crippen LogP contribution in [0.15, 0.2) is 12.1 Å². The van der Waals surface area contributed by atoms with Crippen LogP contribution in [0.1, 0.15) is 26.3 Å². The Morgan fingerprint density at radius 2 is 2.20 bits per heavy atom. The second-order valence-electron chi connectivity index (χ2n) is 3.26. The van der Waals surface area contributed by atoms with Crippen LogP contribution in [0.4, 0.5) is 4.39 Å². The van der Waals surface area contributed by atoms with Crippen LogP contribution in [0.25, 0.3) is 0 Å². The van der Waals surface area contributed by atoms with Gasteiger partial charge in [-0.3, -0.25) is 9.59 Å². The summed E-state index contributed by atoms with van der Waals surface area (Å²) in [5, 5.41) is 2.66. The van der Waals surface area contributed by atoms with Crippen LogP contribution in [0.5, 0.6) is 0 Å². The van der Waals surface area contributed by atoms with Gasteiger partial charge in [0.2, 0.25) is 0 Å². The number of rotatable bonds is 4. The van der Waals surface area contributed by atoms with Gasteiger partial charge < -0.3 is 5.32 Å². The van der Waals surface area contributed by atoms with Crippen molar-refractivity contribution in [3.8, 4) is 0 Å². The highest BCUT2D eigenvalue weighted by molar-refractivity contribution is 6.04. The first-order valence-electron chi connectivity index (χ1n) is 4.53. The molecule has 0 aromatic heterocycles. The smallest absolute Gasteiger partial charge is 0.177 e. The van der Waals surface area contributed by atoms with Gasteiger partial charge in [0.15, 0.2) is 12.1 Å². The van der Waals surface area contributed by atoms with E-state index in [-0.39, 0.29) is 23.5 Å². The summed E-state index contributed by atoms with van der Waals surface area (Å²) in [4.78, 5) is 22.2. The van der Waals surface area contributed by atoms with Gasteiger partial charge in [-0.15, -0.1) is 0 Å². The van der Waals surface area contributed by atoms with Crippen molar-refractivity contribution in [2.45, 2.75) is 6.92 Å². The highest BCUT2D eigenvalue weighted by Crippen LogP contribution is 2.14. The summed E-state index contributed by atoms with van der Waals surface area (Å²) in [6.07, 6.45) is 0.565. The lowest BCUT2D eigenvalue weighted by molar-refractivity contribution is 0.0986. The molecule has 1 rings (SSSR count). The Morgan fingerprint density at radius 3 is 2.73 bits per heavy atom. The van der Waals surface area contributed by atoms with E-state index in [0.717, 1.165) is 6.07 Å². The summed E-state index contributed by atoms with van der Waals surface area (Å²) in [5.41, 5.74) is 0.717. The number of aryl methyl sites for hydroxylation is 1. The maximum Gasteiger partial charge on any atom is 0.177 e. The number of benzene rings is 1. The Balaban J connectivity index is 3.21. The first-order chi connectivity index (χ1) is 7.10. The molecular formula is C11H12FNO2. The molecule has 4 heteroatoms. The van der Waals surface area contributed by atoms with E-state index >= 15 is 0 Å². The number of ketones is 1. The molecule has 0 aliphatic carbocycles. The molecule has 1 aromatic carbocycles. The zero-order valence-electron chi connectivity index (χ0n) is 8.63. The fourth-order valence-corrected chi connectivity index (χ4v) is 1.30. The summed E-state index contributed by atoms with van der Waals surface area (Å²) < 4.78 is 13.2. The van der Waals surface area contributed by atoms with Crippen molar-refractivity contribution in [1.82, 2.24) is 5.32 Å². The Bertz CT molecular complexity index is 402. The highest BCUT2D eigenvalue weighted by Gasteiger charge is 2.13. The van der Waals surface area contributed by atoms with E-state index in [1.165, 1.54) is 6.07 Å². The number of carbonyl (C=O) groups is 2. The van der Waals surface area contributed by atoms with Gasteiger partial charge >= 0.3 is 0 Å². The third-order valence-electron chi connectivity index (χ3n) is 2.10. The molecule has 0 aliphatic rings. The molecule has 1 aromatic rings. The zero-order valence-corrected chi connectivity index (χ0v) is 8.63. The summed E-state index contributed by atoms with van der Waals surface area (Å²) >= 11 is 0. The van der Waals surface area contributed by atoms with Gasteiger partial charge in [0, 0.05) is 11.1 Å². The van der Waals surface area contributed by atoms with E-state index in [1.807, 2.05) is 0 Å². The average molecular weight is 209 g/mol. The molecule has 3 nitrogen and oxygen atoms in total. The Labute approximate surface area is 87.3 Å². The van der Waals surface area contributed by atoms with E-state index in [9.17, 15) is 14.0 Å². The molecule has 0 saturated heterocycles. The van der Waals surface area contributed by atoms with Gasteiger partial charge in [-0.2, -0.15) is 0 Å². The van der Waals surface area contributed by atoms with Crippen molar-refractivity contribution in [3.05, 3.63) is 34.6 Å². The van der Waals surface area contributed by atoms with E-state index in [1.54, 1.807) is 14.0 Å². The molecule has 0 aliphatic heterocycles. The van der Waals surface area contributed by atoms with Crippen LogP contribution >= 0.6 is 0 Å². The molecule has 0 amide bonds. The quantitative estimate of drug-likeness (QED) is 0.601. The monoisotopic (exact) mass is 209 g/mol. The van der Waals surface area contributed by atoms with Gasteiger partial charge in [0.1, 0.15) is 5.82 Å². The first-order valence-corrected chi connectivity index (χ1v) is 4.53. The lowest BCUT2D eigenvalue weighted by Gasteiger charge is -2.05. The minimum Gasteiger partial charge on any atom is -0.313 e. The molecule has 15 heavy (non-hydrogen) atoms. The largest absolute Gasteiger partial charge is 0.313 e. The van der Waals surface area contributed by atoms with Gasteiger partial charge in [-0.05, 0) is 31.7 Å². The Hall–Kier alpha value is -1.55. The molecule has 0 heterocycles. The first kappa shape index (κ1) is 11.5. The Morgan fingerprint density at radius 1 is 1.53 bits per heavy atom. The average Bonchev–Trinajstić information content (AvgIpc) is 2.21. The molecule has 0 atom stereocenters. The highest BCUT2D eigenvalue weighted by atomic mass is 19.1.